The molecular weight excluding hydrogens is 471 g/mol. The van der Waals surface area contributed by atoms with Crippen molar-refractivity contribution in [1.82, 2.24) is 14.5 Å². The highest BCUT2D eigenvalue weighted by Gasteiger charge is 2.30. The molecule has 5 rings (SSSR count). The van der Waals surface area contributed by atoms with Gasteiger partial charge in [-0.25, -0.2) is 4.98 Å². The van der Waals surface area contributed by atoms with Gasteiger partial charge in [-0.2, -0.15) is 13.2 Å². The maximum atomic E-state index is 13.4. The van der Waals surface area contributed by atoms with E-state index < -0.39 is 11.7 Å². The van der Waals surface area contributed by atoms with Crippen molar-refractivity contribution in [1.29, 1.82) is 0 Å². The molecule has 8 heteroatoms. The fraction of sp³-hybridized carbons (Fsp3) is 0.333. The lowest BCUT2D eigenvalue weighted by atomic mass is 10.0. The predicted molar refractivity (Wildman–Crippen MR) is 135 cm³/mol. The van der Waals surface area contributed by atoms with Gasteiger partial charge in [0.1, 0.15) is 10.5 Å². The molecule has 182 valence electrons. The number of hydrogen-bond acceptors (Lipinski definition) is 4. The van der Waals surface area contributed by atoms with E-state index in [0.29, 0.717) is 33.7 Å². The minimum atomic E-state index is -4.39. The number of benzene rings is 2. The molecule has 0 spiro atoms. The van der Waals surface area contributed by atoms with Crippen LogP contribution >= 0.6 is 11.3 Å². The zero-order chi connectivity index (χ0) is 24.6. The van der Waals surface area contributed by atoms with Crippen LogP contribution in [0.15, 0.2) is 59.4 Å². The molecule has 0 bridgehead atoms. The average Bonchev–Trinajstić information content (AvgIpc) is 3.24. The third kappa shape index (κ3) is 5.04. The number of piperidine rings is 1. The number of hydrogen-bond donors (Lipinski definition) is 0. The van der Waals surface area contributed by atoms with Gasteiger partial charge in [-0.3, -0.25) is 9.36 Å². The van der Waals surface area contributed by atoms with Crippen LogP contribution in [-0.2, 0) is 12.7 Å². The zero-order valence-corrected chi connectivity index (χ0v) is 20.3. The highest BCUT2D eigenvalue weighted by Crippen LogP contribution is 2.33. The summed E-state index contributed by atoms with van der Waals surface area (Å²) in [5, 5.41) is 0. The molecule has 1 aliphatic heterocycles. The second-order valence-corrected chi connectivity index (χ2v) is 10.3. The SMILES string of the molecule is Cc1cc2nc(-c3ccc(-c4cccc(C(F)(F)F)c4)cc3)n(CCN3CCCCC3)c(=O)c2s1. The Morgan fingerprint density at radius 3 is 2.34 bits per heavy atom. The van der Waals surface area contributed by atoms with E-state index in [0.717, 1.165) is 42.2 Å². The van der Waals surface area contributed by atoms with Crippen LogP contribution in [-0.4, -0.2) is 34.1 Å². The van der Waals surface area contributed by atoms with Gasteiger partial charge >= 0.3 is 6.18 Å². The summed E-state index contributed by atoms with van der Waals surface area (Å²) in [4.78, 5) is 21.7. The van der Waals surface area contributed by atoms with Gasteiger partial charge in [0.2, 0.25) is 0 Å². The summed E-state index contributed by atoms with van der Waals surface area (Å²) in [6, 6.07) is 14.5. The standard InChI is InChI=1S/C27H26F3N3OS/c1-18-16-23-24(35-18)26(34)33(15-14-32-12-3-2-4-13-32)25(31-23)20-10-8-19(9-11-20)21-6-5-7-22(17-21)27(28,29)30/h5-11,16-17H,2-4,12-15H2,1H3. The molecule has 0 unspecified atom stereocenters. The number of thiophene rings is 1. The normalized spacial score (nSPS) is 15.1. The van der Waals surface area contributed by atoms with Crippen LogP contribution in [0.2, 0.25) is 0 Å². The Balaban J connectivity index is 1.51. The zero-order valence-electron chi connectivity index (χ0n) is 19.4. The van der Waals surface area contributed by atoms with Gasteiger partial charge in [0, 0.05) is 23.5 Å². The molecule has 4 nitrogen and oxygen atoms in total. The van der Waals surface area contributed by atoms with Gasteiger partial charge in [0.15, 0.2) is 0 Å². The smallest absolute Gasteiger partial charge is 0.302 e. The van der Waals surface area contributed by atoms with E-state index in [1.54, 1.807) is 22.8 Å². The van der Waals surface area contributed by atoms with Gasteiger partial charge in [0.05, 0.1) is 11.1 Å². The van der Waals surface area contributed by atoms with Crippen molar-refractivity contribution in [2.24, 2.45) is 0 Å². The Kier molecular flexibility index (Phi) is 6.51. The summed E-state index contributed by atoms with van der Waals surface area (Å²) in [5.74, 6) is 0.591. The van der Waals surface area contributed by atoms with Crippen molar-refractivity contribution in [2.75, 3.05) is 19.6 Å². The Bertz CT molecular complexity index is 1400. The molecule has 1 fully saturated rings. The molecule has 2 aromatic heterocycles. The van der Waals surface area contributed by atoms with Crippen LogP contribution in [0.1, 0.15) is 29.7 Å². The molecular formula is C27H26F3N3OS. The molecule has 1 aliphatic rings. The second kappa shape index (κ2) is 9.59. The fourth-order valence-corrected chi connectivity index (χ4v) is 5.57. The highest BCUT2D eigenvalue weighted by molar-refractivity contribution is 7.18. The third-order valence-electron chi connectivity index (χ3n) is 6.51. The lowest BCUT2D eigenvalue weighted by molar-refractivity contribution is -0.137. The molecule has 0 atom stereocenters. The van der Waals surface area contributed by atoms with E-state index in [4.69, 9.17) is 4.98 Å². The van der Waals surface area contributed by atoms with E-state index in [1.165, 1.54) is 36.7 Å². The minimum Gasteiger partial charge on any atom is -0.302 e. The monoisotopic (exact) mass is 497 g/mol. The van der Waals surface area contributed by atoms with Gasteiger partial charge in [-0.15, -0.1) is 11.3 Å². The Morgan fingerprint density at radius 2 is 1.63 bits per heavy atom. The number of aryl methyl sites for hydroxylation is 1. The molecule has 0 radical (unpaired) electrons. The number of likely N-dealkylation sites (tertiary alicyclic amines) is 1. The van der Waals surface area contributed by atoms with Crippen molar-refractivity contribution >= 4 is 21.6 Å². The Hall–Kier alpha value is -2.97. The first-order valence-corrected chi connectivity index (χ1v) is 12.6. The first-order valence-electron chi connectivity index (χ1n) is 11.8. The van der Waals surface area contributed by atoms with Gasteiger partial charge in [-0.1, -0.05) is 42.8 Å². The number of alkyl halides is 3. The van der Waals surface area contributed by atoms with Crippen molar-refractivity contribution in [2.45, 2.75) is 38.9 Å². The van der Waals surface area contributed by atoms with E-state index in [2.05, 4.69) is 4.90 Å². The minimum absolute atomic E-state index is 0.0398. The summed E-state index contributed by atoms with van der Waals surface area (Å²) in [6.07, 6.45) is -0.777. The average molecular weight is 498 g/mol. The number of halogens is 3. The van der Waals surface area contributed by atoms with Crippen LogP contribution in [0.5, 0.6) is 0 Å². The van der Waals surface area contributed by atoms with Crippen molar-refractivity contribution in [3.8, 4) is 22.5 Å². The van der Waals surface area contributed by atoms with Crippen LogP contribution in [0, 0.1) is 6.92 Å². The molecule has 1 saturated heterocycles. The quantitative estimate of drug-likeness (QED) is 0.312. The lowest BCUT2D eigenvalue weighted by Gasteiger charge is -2.27. The molecule has 0 aliphatic carbocycles. The number of nitrogens with zero attached hydrogens (tertiary/aromatic N) is 3. The largest absolute Gasteiger partial charge is 0.416 e. The fourth-order valence-electron chi connectivity index (χ4n) is 4.67. The van der Waals surface area contributed by atoms with Crippen molar-refractivity contribution in [3.63, 3.8) is 0 Å². The Morgan fingerprint density at radius 1 is 0.914 bits per heavy atom. The lowest BCUT2D eigenvalue weighted by Crippen LogP contribution is -2.35. The summed E-state index contributed by atoms with van der Waals surface area (Å²) >= 11 is 1.46. The number of aromatic nitrogens is 2. The molecule has 0 N–H and O–H groups in total. The van der Waals surface area contributed by atoms with E-state index >= 15 is 0 Å². The molecule has 35 heavy (non-hydrogen) atoms. The summed E-state index contributed by atoms with van der Waals surface area (Å²) in [5.41, 5.74) is 1.90. The van der Waals surface area contributed by atoms with Gasteiger partial charge < -0.3 is 4.90 Å². The number of fused-ring (bicyclic) bond motifs is 1. The summed E-state index contributed by atoms with van der Waals surface area (Å²) in [7, 11) is 0. The second-order valence-electron chi connectivity index (χ2n) is 9.02. The third-order valence-corrected chi connectivity index (χ3v) is 7.54. The number of rotatable bonds is 5. The van der Waals surface area contributed by atoms with Gasteiger partial charge in [-0.05, 0) is 62.2 Å². The summed E-state index contributed by atoms with van der Waals surface area (Å²) < 4.78 is 41.8. The predicted octanol–water partition coefficient (Wildman–Crippen LogP) is 6.61. The summed E-state index contributed by atoms with van der Waals surface area (Å²) in [6.45, 7) is 5.39. The Labute approximate surface area is 205 Å². The molecule has 0 amide bonds. The molecule has 2 aromatic carbocycles. The van der Waals surface area contributed by atoms with Gasteiger partial charge in [0.25, 0.3) is 5.56 Å². The first kappa shape index (κ1) is 23.8. The van der Waals surface area contributed by atoms with Crippen LogP contribution in [0.4, 0.5) is 13.2 Å². The maximum Gasteiger partial charge on any atom is 0.416 e. The highest BCUT2D eigenvalue weighted by atomic mass is 32.1. The van der Waals surface area contributed by atoms with Crippen LogP contribution in [0.25, 0.3) is 32.7 Å². The van der Waals surface area contributed by atoms with E-state index in [9.17, 15) is 18.0 Å². The topological polar surface area (TPSA) is 38.1 Å². The van der Waals surface area contributed by atoms with Crippen molar-refractivity contribution in [3.05, 3.63) is 75.4 Å². The van der Waals surface area contributed by atoms with Crippen molar-refractivity contribution < 1.29 is 13.2 Å². The first-order chi connectivity index (χ1) is 16.8. The van der Waals surface area contributed by atoms with E-state index in [1.807, 2.05) is 25.1 Å². The van der Waals surface area contributed by atoms with Crippen LogP contribution in [0.3, 0.4) is 0 Å². The molecule has 0 saturated carbocycles. The molecule has 3 heterocycles. The van der Waals surface area contributed by atoms with Crippen LogP contribution < -0.4 is 5.56 Å². The molecule has 4 aromatic rings. The van der Waals surface area contributed by atoms with E-state index in [-0.39, 0.29) is 5.56 Å². The maximum absolute atomic E-state index is 13.4.